The number of rotatable bonds is 11. The van der Waals surface area contributed by atoms with E-state index in [0.29, 0.717) is 31.6 Å². The molecule has 0 amide bonds. The highest BCUT2D eigenvalue weighted by atomic mass is 19.1. The van der Waals surface area contributed by atoms with Crippen molar-refractivity contribution in [2.75, 3.05) is 26.4 Å². The van der Waals surface area contributed by atoms with E-state index in [1.165, 1.54) is 12.3 Å². The normalized spacial score (nSPS) is 11.1. The summed E-state index contributed by atoms with van der Waals surface area (Å²) in [5, 5.41) is 3.27. The highest BCUT2D eigenvalue weighted by Crippen LogP contribution is 2.16. The Morgan fingerprint density at radius 2 is 2.10 bits per heavy atom. The number of aromatic nitrogens is 1. The van der Waals surface area contributed by atoms with Gasteiger partial charge in [0.05, 0.1) is 12.8 Å². The molecule has 120 valence electrons. The lowest BCUT2D eigenvalue weighted by atomic mass is 10.2. The molecule has 4 nitrogen and oxygen atoms in total. The fourth-order valence-electron chi connectivity index (χ4n) is 1.77. The van der Waals surface area contributed by atoms with E-state index in [1.54, 1.807) is 0 Å². The Labute approximate surface area is 127 Å². The van der Waals surface area contributed by atoms with Crippen LogP contribution in [0.3, 0.4) is 0 Å². The number of hydrogen-bond donors (Lipinski definition) is 1. The molecule has 0 saturated carbocycles. The first-order valence-corrected chi connectivity index (χ1v) is 7.69. The summed E-state index contributed by atoms with van der Waals surface area (Å²) in [4.78, 5) is 4.02. The number of nitrogens with one attached hydrogen (secondary N) is 1. The third kappa shape index (κ3) is 7.97. The first-order chi connectivity index (χ1) is 10.1. The molecule has 0 aliphatic heterocycles. The summed E-state index contributed by atoms with van der Waals surface area (Å²) in [5.74, 6) is 0.678. The molecule has 1 heterocycles. The van der Waals surface area contributed by atoms with Crippen LogP contribution < -0.4 is 10.1 Å². The van der Waals surface area contributed by atoms with E-state index < -0.39 is 0 Å². The van der Waals surface area contributed by atoms with Gasteiger partial charge in [0.25, 0.3) is 0 Å². The second kappa shape index (κ2) is 10.5. The first-order valence-electron chi connectivity index (χ1n) is 7.69. The van der Waals surface area contributed by atoms with Crippen LogP contribution in [0.1, 0.15) is 39.2 Å². The van der Waals surface area contributed by atoms with Gasteiger partial charge in [0, 0.05) is 18.7 Å². The molecule has 0 radical (unpaired) electrons. The summed E-state index contributed by atoms with van der Waals surface area (Å²) < 4.78 is 24.3. The van der Waals surface area contributed by atoms with Crippen molar-refractivity contribution in [3.8, 4) is 5.88 Å². The molecule has 0 spiro atoms. The minimum absolute atomic E-state index is 0.345. The van der Waals surface area contributed by atoms with Gasteiger partial charge in [-0.05, 0) is 24.9 Å². The summed E-state index contributed by atoms with van der Waals surface area (Å²) in [6.45, 7) is 9.50. The van der Waals surface area contributed by atoms with E-state index in [9.17, 15) is 4.39 Å². The molecule has 1 aromatic heterocycles. The van der Waals surface area contributed by atoms with Crippen LogP contribution in [-0.4, -0.2) is 31.3 Å². The van der Waals surface area contributed by atoms with Gasteiger partial charge in [0.15, 0.2) is 0 Å². The zero-order valence-corrected chi connectivity index (χ0v) is 13.3. The molecule has 0 unspecified atom stereocenters. The average Bonchev–Trinajstić information content (AvgIpc) is 2.44. The third-order valence-corrected chi connectivity index (χ3v) is 2.87. The lowest BCUT2D eigenvalue weighted by molar-refractivity contribution is 0.0960. The maximum atomic E-state index is 13.3. The maximum Gasteiger partial charge on any atom is 0.218 e. The van der Waals surface area contributed by atoms with E-state index >= 15 is 0 Å². The van der Waals surface area contributed by atoms with Crippen LogP contribution in [0, 0.1) is 11.7 Å². The fourth-order valence-corrected chi connectivity index (χ4v) is 1.77. The van der Waals surface area contributed by atoms with Crippen LogP contribution in [-0.2, 0) is 11.3 Å². The summed E-state index contributed by atoms with van der Waals surface area (Å²) in [6, 6.07) is 1.47. The Balaban J connectivity index is 2.40. The first kappa shape index (κ1) is 17.9. The second-order valence-electron chi connectivity index (χ2n) is 5.46. The van der Waals surface area contributed by atoms with Crippen molar-refractivity contribution < 1.29 is 13.9 Å². The number of ether oxygens (including phenoxy) is 2. The van der Waals surface area contributed by atoms with Gasteiger partial charge in [0.2, 0.25) is 5.88 Å². The number of unbranched alkanes of at least 4 members (excludes halogenated alkanes) is 1. The molecule has 0 bridgehead atoms. The quantitative estimate of drug-likeness (QED) is 0.637. The molecule has 1 N–H and O–H groups in total. The molecule has 0 aliphatic carbocycles. The number of nitrogens with zero attached hydrogens (tertiary/aromatic N) is 1. The van der Waals surface area contributed by atoms with Crippen LogP contribution in [0.2, 0.25) is 0 Å². The van der Waals surface area contributed by atoms with E-state index in [1.807, 2.05) is 0 Å². The Morgan fingerprint density at radius 1 is 1.29 bits per heavy atom. The van der Waals surface area contributed by atoms with Gasteiger partial charge in [-0.3, -0.25) is 0 Å². The van der Waals surface area contributed by atoms with Crippen molar-refractivity contribution in [3.05, 3.63) is 23.6 Å². The van der Waals surface area contributed by atoms with Crippen molar-refractivity contribution in [2.24, 2.45) is 5.92 Å². The molecular weight excluding hydrogens is 271 g/mol. The van der Waals surface area contributed by atoms with E-state index in [-0.39, 0.29) is 5.82 Å². The zero-order valence-electron chi connectivity index (χ0n) is 13.3. The Hall–Kier alpha value is -1.20. The molecule has 0 aliphatic rings. The highest BCUT2D eigenvalue weighted by Gasteiger charge is 2.07. The highest BCUT2D eigenvalue weighted by molar-refractivity contribution is 5.26. The molecule has 0 atom stereocenters. The van der Waals surface area contributed by atoms with Crippen LogP contribution in [0.15, 0.2) is 12.3 Å². The van der Waals surface area contributed by atoms with Crippen molar-refractivity contribution >= 4 is 0 Å². The largest absolute Gasteiger partial charge is 0.475 e. The van der Waals surface area contributed by atoms with Gasteiger partial charge >= 0.3 is 0 Å². The summed E-state index contributed by atoms with van der Waals surface area (Å²) in [6.07, 6.45) is 3.35. The smallest absolute Gasteiger partial charge is 0.218 e. The zero-order chi connectivity index (χ0) is 15.5. The SMILES string of the molecule is CCCCOCCOc1ncc(F)cc1CNCC(C)C. The predicted octanol–water partition coefficient (Wildman–Crippen LogP) is 3.16. The molecule has 1 rings (SSSR count). The fraction of sp³-hybridized carbons (Fsp3) is 0.688. The van der Waals surface area contributed by atoms with Gasteiger partial charge in [-0.1, -0.05) is 27.2 Å². The summed E-state index contributed by atoms with van der Waals surface area (Å²) in [5.41, 5.74) is 0.740. The Morgan fingerprint density at radius 3 is 2.81 bits per heavy atom. The standard InChI is InChI=1S/C16H27FN2O2/c1-4-5-6-20-7-8-21-16-14(9-15(17)12-19-16)11-18-10-13(2)3/h9,12-13,18H,4-8,10-11H2,1-3H3. The van der Waals surface area contributed by atoms with Crippen molar-refractivity contribution in [1.82, 2.24) is 10.3 Å². The van der Waals surface area contributed by atoms with Crippen LogP contribution >= 0.6 is 0 Å². The van der Waals surface area contributed by atoms with E-state index in [2.05, 4.69) is 31.1 Å². The third-order valence-electron chi connectivity index (χ3n) is 2.87. The van der Waals surface area contributed by atoms with Gasteiger partial charge in [0.1, 0.15) is 12.4 Å². The second-order valence-corrected chi connectivity index (χ2v) is 5.46. The predicted molar refractivity (Wildman–Crippen MR) is 82.0 cm³/mol. The topological polar surface area (TPSA) is 43.4 Å². The molecular formula is C16H27FN2O2. The summed E-state index contributed by atoms with van der Waals surface area (Å²) >= 11 is 0. The minimum atomic E-state index is -0.345. The van der Waals surface area contributed by atoms with Gasteiger partial charge in [-0.25, -0.2) is 9.37 Å². The Kier molecular flexibility index (Phi) is 8.94. The molecule has 0 fully saturated rings. The molecule has 21 heavy (non-hydrogen) atoms. The van der Waals surface area contributed by atoms with Gasteiger partial charge < -0.3 is 14.8 Å². The lowest BCUT2D eigenvalue weighted by Crippen LogP contribution is -2.20. The van der Waals surface area contributed by atoms with E-state index in [4.69, 9.17) is 9.47 Å². The lowest BCUT2D eigenvalue weighted by Gasteiger charge is -2.12. The van der Waals surface area contributed by atoms with Gasteiger partial charge in [-0.2, -0.15) is 0 Å². The molecule has 5 heteroatoms. The van der Waals surface area contributed by atoms with Gasteiger partial charge in [-0.15, -0.1) is 0 Å². The Bertz CT molecular complexity index is 400. The van der Waals surface area contributed by atoms with Crippen LogP contribution in [0.25, 0.3) is 0 Å². The summed E-state index contributed by atoms with van der Waals surface area (Å²) in [7, 11) is 0. The average molecular weight is 298 g/mol. The number of halogens is 1. The molecule has 1 aromatic rings. The number of hydrogen-bond acceptors (Lipinski definition) is 4. The van der Waals surface area contributed by atoms with Crippen molar-refractivity contribution in [2.45, 2.75) is 40.2 Å². The maximum absolute atomic E-state index is 13.3. The number of pyridine rings is 1. The monoisotopic (exact) mass is 298 g/mol. The van der Waals surface area contributed by atoms with Crippen molar-refractivity contribution in [3.63, 3.8) is 0 Å². The van der Waals surface area contributed by atoms with Crippen molar-refractivity contribution in [1.29, 1.82) is 0 Å². The van der Waals surface area contributed by atoms with Crippen LogP contribution in [0.5, 0.6) is 5.88 Å². The molecule has 0 aromatic carbocycles. The van der Waals surface area contributed by atoms with Crippen LogP contribution in [0.4, 0.5) is 4.39 Å². The van der Waals surface area contributed by atoms with E-state index in [0.717, 1.165) is 31.6 Å². The minimum Gasteiger partial charge on any atom is -0.475 e. The molecule has 0 saturated heterocycles.